The predicted octanol–water partition coefficient (Wildman–Crippen LogP) is 3.08. The second-order valence-electron chi connectivity index (χ2n) is 3.25. The Morgan fingerprint density at radius 2 is 2.27 bits per heavy atom. The van der Waals surface area contributed by atoms with Crippen LogP contribution in [-0.4, -0.2) is 18.8 Å². The van der Waals surface area contributed by atoms with Crippen molar-refractivity contribution < 1.29 is 9.53 Å². The van der Waals surface area contributed by atoms with Crippen LogP contribution in [0.5, 0.6) is 0 Å². The predicted molar refractivity (Wildman–Crippen MR) is 63.3 cm³/mol. The normalized spacial score (nSPS) is 12.2. The molecule has 0 amide bonds. The Labute approximate surface area is 95.0 Å². The summed E-state index contributed by atoms with van der Waals surface area (Å²) in [6.07, 6.45) is 2.02. The lowest BCUT2D eigenvalue weighted by molar-refractivity contribution is -0.144. The van der Waals surface area contributed by atoms with E-state index in [1.807, 2.05) is 44.4 Å². The molecule has 1 unspecified atom stereocenters. The van der Waals surface area contributed by atoms with Crippen LogP contribution in [0.1, 0.15) is 25.3 Å². The van der Waals surface area contributed by atoms with Gasteiger partial charge in [0.2, 0.25) is 0 Å². The SMILES string of the molecule is CCOC(=O)C(C)c1cccc(SC)c1. The van der Waals surface area contributed by atoms with Gasteiger partial charge in [0.15, 0.2) is 0 Å². The number of hydrogen-bond acceptors (Lipinski definition) is 3. The minimum Gasteiger partial charge on any atom is -0.466 e. The summed E-state index contributed by atoms with van der Waals surface area (Å²) in [6.45, 7) is 4.13. The maximum absolute atomic E-state index is 11.5. The molecular formula is C12H16O2S. The number of rotatable bonds is 4. The molecule has 1 atom stereocenters. The number of thioether (sulfide) groups is 1. The van der Waals surface area contributed by atoms with E-state index in [0.29, 0.717) is 6.61 Å². The van der Waals surface area contributed by atoms with E-state index in [0.717, 1.165) is 5.56 Å². The highest BCUT2D eigenvalue weighted by Crippen LogP contribution is 2.22. The Morgan fingerprint density at radius 3 is 2.87 bits per heavy atom. The fraction of sp³-hybridized carbons (Fsp3) is 0.417. The summed E-state index contributed by atoms with van der Waals surface area (Å²) in [5.41, 5.74) is 1.01. The van der Waals surface area contributed by atoms with Crippen LogP contribution in [0.15, 0.2) is 29.2 Å². The van der Waals surface area contributed by atoms with Gasteiger partial charge in [0.05, 0.1) is 12.5 Å². The average Bonchev–Trinajstić information content (AvgIpc) is 2.28. The van der Waals surface area contributed by atoms with Crippen molar-refractivity contribution >= 4 is 17.7 Å². The summed E-state index contributed by atoms with van der Waals surface area (Å²) in [6, 6.07) is 8.00. The first-order valence-electron chi connectivity index (χ1n) is 4.99. The molecule has 0 aromatic heterocycles. The summed E-state index contributed by atoms with van der Waals surface area (Å²) in [5.74, 6) is -0.340. The molecule has 0 aliphatic carbocycles. The molecule has 0 N–H and O–H groups in total. The van der Waals surface area contributed by atoms with Gasteiger partial charge in [0.25, 0.3) is 0 Å². The quantitative estimate of drug-likeness (QED) is 0.581. The van der Waals surface area contributed by atoms with Crippen LogP contribution in [0.3, 0.4) is 0 Å². The summed E-state index contributed by atoms with van der Waals surface area (Å²) in [4.78, 5) is 12.7. The molecular weight excluding hydrogens is 208 g/mol. The number of ether oxygens (including phenoxy) is 1. The van der Waals surface area contributed by atoms with E-state index in [9.17, 15) is 4.79 Å². The van der Waals surface area contributed by atoms with E-state index < -0.39 is 0 Å². The topological polar surface area (TPSA) is 26.3 Å². The van der Waals surface area contributed by atoms with Gasteiger partial charge >= 0.3 is 5.97 Å². The molecule has 0 aliphatic rings. The highest BCUT2D eigenvalue weighted by Gasteiger charge is 2.16. The molecule has 15 heavy (non-hydrogen) atoms. The van der Waals surface area contributed by atoms with Crippen LogP contribution in [0.2, 0.25) is 0 Å². The first kappa shape index (κ1) is 12.1. The van der Waals surface area contributed by atoms with Gasteiger partial charge in [0.1, 0.15) is 0 Å². The van der Waals surface area contributed by atoms with Crippen molar-refractivity contribution in [1.29, 1.82) is 0 Å². The molecule has 2 nitrogen and oxygen atoms in total. The Hall–Kier alpha value is -0.960. The first-order chi connectivity index (χ1) is 7.19. The van der Waals surface area contributed by atoms with Crippen LogP contribution >= 0.6 is 11.8 Å². The zero-order chi connectivity index (χ0) is 11.3. The van der Waals surface area contributed by atoms with Crippen LogP contribution < -0.4 is 0 Å². The van der Waals surface area contributed by atoms with Crippen molar-refractivity contribution in [3.8, 4) is 0 Å². The van der Waals surface area contributed by atoms with Gasteiger partial charge in [-0.05, 0) is 37.8 Å². The zero-order valence-corrected chi connectivity index (χ0v) is 10.1. The van der Waals surface area contributed by atoms with Crippen molar-refractivity contribution in [3.05, 3.63) is 29.8 Å². The highest BCUT2D eigenvalue weighted by atomic mass is 32.2. The van der Waals surface area contributed by atoms with Crippen LogP contribution in [0.4, 0.5) is 0 Å². The summed E-state index contributed by atoms with van der Waals surface area (Å²) < 4.78 is 4.99. The zero-order valence-electron chi connectivity index (χ0n) is 9.32. The molecule has 0 saturated heterocycles. The maximum Gasteiger partial charge on any atom is 0.313 e. The summed E-state index contributed by atoms with van der Waals surface area (Å²) >= 11 is 1.67. The van der Waals surface area contributed by atoms with Crippen LogP contribution in [0.25, 0.3) is 0 Å². The minimum atomic E-state index is -0.183. The summed E-state index contributed by atoms with van der Waals surface area (Å²) in [7, 11) is 0. The lowest BCUT2D eigenvalue weighted by atomic mass is 10.0. The molecule has 1 aromatic carbocycles. The second-order valence-corrected chi connectivity index (χ2v) is 4.13. The Bertz CT molecular complexity index is 336. The van der Waals surface area contributed by atoms with Crippen LogP contribution in [-0.2, 0) is 9.53 Å². The van der Waals surface area contributed by atoms with Gasteiger partial charge in [-0.15, -0.1) is 11.8 Å². The average molecular weight is 224 g/mol. The standard InChI is InChI=1S/C12H16O2S/c1-4-14-12(13)9(2)10-6-5-7-11(8-10)15-3/h5-9H,4H2,1-3H3. The molecule has 0 aliphatic heterocycles. The monoisotopic (exact) mass is 224 g/mol. The smallest absolute Gasteiger partial charge is 0.313 e. The van der Waals surface area contributed by atoms with Crippen molar-refractivity contribution in [1.82, 2.24) is 0 Å². The van der Waals surface area contributed by atoms with Crippen molar-refractivity contribution in [2.45, 2.75) is 24.7 Å². The van der Waals surface area contributed by atoms with E-state index >= 15 is 0 Å². The number of esters is 1. The van der Waals surface area contributed by atoms with Gasteiger partial charge in [-0.3, -0.25) is 4.79 Å². The molecule has 0 heterocycles. The van der Waals surface area contributed by atoms with Crippen molar-refractivity contribution in [2.24, 2.45) is 0 Å². The highest BCUT2D eigenvalue weighted by molar-refractivity contribution is 7.98. The molecule has 0 spiro atoms. The fourth-order valence-electron chi connectivity index (χ4n) is 1.31. The lowest BCUT2D eigenvalue weighted by Gasteiger charge is -2.11. The third kappa shape index (κ3) is 3.27. The Kier molecular flexibility index (Phi) is 4.69. The molecule has 0 saturated carbocycles. The molecule has 0 bridgehead atoms. The van der Waals surface area contributed by atoms with E-state index in [1.165, 1.54) is 4.90 Å². The third-order valence-corrected chi connectivity index (χ3v) is 2.96. The van der Waals surface area contributed by atoms with Gasteiger partial charge in [0, 0.05) is 4.90 Å². The number of hydrogen-bond donors (Lipinski definition) is 0. The number of benzene rings is 1. The molecule has 82 valence electrons. The van der Waals surface area contributed by atoms with Crippen molar-refractivity contribution in [3.63, 3.8) is 0 Å². The molecule has 0 radical (unpaired) electrons. The minimum absolute atomic E-state index is 0.157. The summed E-state index contributed by atoms with van der Waals surface area (Å²) in [5, 5.41) is 0. The van der Waals surface area contributed by atoms with E-state index in [2.05, 4.69) is 0 Å². The largest absolute Gasteiger partial charge is 0.466 e. The van der Waals surface area contributed by atoms with Gasteiger partial charge < -0.3 is 4.74 Å². The second kappa shape index (κ2) is 5.81. The van der Waals surface area contributed by atoms with Gasteiger partial charge in [-0.25, -0.2) is 0 Å². The van der Waals surface area contributed by atoms with Crippen molar-refractivity contribution in [2.75, 3.05) is 12.9 Å². The lowest BCUT2D eigenvalue weighted by Crippen LogP contribution is -2.12. The van der Waals surface area contributed by atoms with Crippen LogP contribution in [0, 0.1) is 0 Å². The van der Waals surface area contributed by atoms with Gasteiger partial charge in [-0.2, -0.15) is 0 Å². The van der Waals surface area contributed by atoms with E-state index in [1.54, 1.807) is 11.8 Å². The third-order valence-electron chi connectivity index (χ3n) is 2.23. The molecule has 1 aromatic rings. The number of carbonyl (C=O) groups is 1. The molecule has 3 heteroatoms. The van der Waals surface area contributed by atoms with E-state index in [4.69, 9.17) is 4.74 Å². The molecule has 1 rings (SSSR count). The molecule has 0 fully saturated rings. The van der Waals surface area contributed by atoms with Gasteiger partial charge in [-0.1, -0.05) is 12.1 Å². The Balaban J connectivity index is 2.81. The number of carbonyl (C=O) groups excluding carboxylic acids is 1. The maximum atomic E-state index is 11.5. The van der Waals surface area contributed by atoms with E-state index in [-0.39, 0.29) is 11.9 Å². The first-order valence-corrected chi connectivity index (χ1v) is 6.22. The Morgan fingerprint density at radius 1 is 1.53 bits per heavy atom. The fourth-order valence-corrected chi connectivity index (χ4v) is 1.78.